The van der Waals surface area contributed by atoms with Gasteiger partial charge in [0.1, 0.15) is 11.6 Å². The number of hydrogen-bond acceptors (Lipinski definition) is 3. The second kappa shape index (κ2) is 6.50. The van der Waals surface area contributed by atoms with E-state index in [0.29, 0.717) is 21.8 Å². The van der Waals surface area contributed by atoms with Gasteiger partial charge in [-0.2, -0.15) is 4.31 Å². The van der Waals surface area contributed by atoms with Gasteiger partial charge in [0, 0.05) is 41.3 Å². The number of fused-ring (bicyclic) bond motifs is 3. The molecule has 0 aliphatic carbocycles. The molecule has 2 aromatic carbocycles. The highest BCUT2D eigenvalue weighted by molar-refractivity contribution is 7.89. The minimum atomic E-state index is -4.04. The minimum absolute atomic E-state index is 0.000235. The van der Waals surface area contributed by atoms with Gasteiger partial charge in [0.2, 0.25) is 15.5 Å². The zero-order valence-electron chi connectivity index (χ0n) is 14.1. The fourth-order valence-corrected chi connectivity index (χ4v) is 5.09. The van der Waals surface area contributed by atoms with Gasteiger partial charge < -0.3 is 9.67 Å². The van der Waals surface area contributed by atoms with Crippen molar-refractivity contribution >= 4 is 31.8 Å². The number of nitrogens with zero attached hydrogens (tertiary/aromatic N) is 2. The van der Waals surface area contributed by atoms with Gasteiger partial charge in [0.15, 0.2) is 0 Å². The Morgan fingerprint density at radius 2 is 1.59 bits per heavy atom. The van der Waals surface area contributed by atoms with E-state index in [2.05, 4.69) is 0 Å². The molecule has 27 heavy (non-hydrogen) atoms. The molecule has 0 saturated carbocycles. The van der Waals surface area contributed by atoms with Crippen LogP contribution in [-0.2, 0) is 16.6 Å². The summed E-state index contributed by atoms with van der Waals surface area (Å²) in [6.07, 6.45) is -1.23. The molecule has 4 rings (SSSR count). The summed E-state index contributed by atoms with van der Waals surface area (Å²) in [5.74, 6) is -0.938. The van der Waals surface area contributed by atoms with Crippen LogP contribution < -0.4 is 0 Å². The van der Waals surface area contributed by atoms with E-state index in [9.17, 15) is 26.7 Å². The topological polar surface area (TPSA) is 62.5 Å². The fraction of sp³-hybridized carbons (Fsp3) is 0.333. The first kappa shape index (κ1) is 18.3. The van der Waals surface area contributed by atoms with E-state index >= 15 is 0 Å². The molecule has 1 saturated heterocycles. The van der Waals surface area contributed by atoms with Crippen molar-refractivity contribution in [3.05, 3.63) is 48.0 Å². The average Bonchev–Trinajstić information content (AvgIpc) is 3.03. The Morgan fingerprint density at radius 1 is 1.04 bits per heavy atom. The fourth-order valence-electron chi connectivity index (χ4n) is 3.63. The zero-order valence-corrected chi connectivity index (χ0v) is 15.0. The lowest BCUT2D eigenvalue weighted by molar-refractivity contribution is 0.133. The summed E-state index contributed by atoms with van der Waals surface area (Å²) in [6.45, 7) is -0.225. The maximum Gasteiger partial charge on any atom is 0.246 e. The molecule has 5 nitrogen and oxygen atoms in total. The smallest absolute Gasteiger partial charge is 0.246 e. The van der Waals surface area contributed by atoms with Gasteiger partial charge in [-0.25, -0.2) is 21.6 Å². The first-order valence-electron chi connectivity index (χ1n) is 8.45. The molecule has 144 valence electrons. The maximum absolute atomic E-state index is 13.7. The summed E-state index contributed by atoms with van der Waals surface area (Å²) < 4.78 is 67.2. The second-order valence-electron chi connectivity index (χ2n) is 6.69. The first-order chi connectivity index (χ1) is 12.8. The van der Waals surface area contributed by atoms with Gasteiger partial charge in [-0.3, -0.25) is 0 Å². The number of aliphatic hydroxyl groups is 1. The highest BCUT2D eigenvalue weighted by Crippen LogP contribution is 2.31. The molecule has 2 atom stereocenters. The summed E-state index contributed by atoms with van der Waals surface area (Å²) in [6, 6.07) is 8.16. The number of hydrogen-bond donors (Lipinski definition) is 1. The molecular formula is C18H17F3N2O3S. The first-order valence-corrected chi connectivity index (χ1v) is 9.96. The van der Waals surface area contributed by atoms with Crippen molar-refractivity contribution in [3.63, 3.8) is 0 Å². The maximum atomic E-state index is 13.7. The van der Waals surface area contributed by atoms with Gasteiger partial charge in [-0.05, 0) is 36.4 Å². The Labute approximate surface area is 153 Å². The van der Waals surface area contributed by atoms with E-state index in [-0.39, 0.29) is 26.1 Å². The highest BCUT2D eigenvalue weighted by Gasteiger charge is 2.39. The summed E-state index contributed by atoms with van der Waals surface area (Å²) >= 11 is 0. The minimum Gasteiger partial charge on any atom is -0.390 e. The Hall–Kier alpha value is -2.10. The molecule has 9 heteroatoms. The molecule has 1 aliphatic heterocycles. The van der Waals surface area contributed by atoms with Crippen LogP contribution in [0.25, 0.3) is 21.8 Å². The lowest BCUT2D eigenvalue weighted by atomic mass is 10.1. The van der Waals surface area contributed by atoms with E-state index < -0.39 is 33.3 Å². The highest BCUT2D eigenvalue weighted by atomic mass is 32.2. The molecule has 0 radical (unpaired) electrons. The summed E-state index contributed by atoms with van der Waals surface area (Å²) in [5, 5.41) is 11.4. The van der Waals surface area contributed by atoms with E-state index in [4.69, 9.17) is 0 Å². The number of sulfonamides is 1. The van der Waals surface area contributed by atoms with Crippen molar-refractivity contribution in [2.45, 2.75) is 24.6 Å². The van der Waals surface area contributed by atoms with Crippen LogP contribution in [0.3, 0.4) is 0 Å². The quantitative estimate of drug-likeness (QED) is 0.735. The Bertz CT molecular complexity index is 1070. The van der Waals surface area contributed by atoms with Crippen molar-refractivity contribution in [1.29, 1.82) is 0 Å². The number of halogens is 3. The van der Waals surface area contributed by atoms with Crippen molar-refractivity contribution < 1.29 is 26.7 Å². The van der Waals surface area contributed by atoms with Crippen molar-refractivity contribution in [2.75, 3.05) is 13.1 Å². The van der Waals surface area contributed by atoms with Crippen molar-refractivity contribution in [1.82, 2.24) is 8.87 Å². The van der Waals surface area contributed by atoms with Crippen LogP contribution in [0.5, 0.6) is 0 Å². The van der Waals surface area contributed by atoms with Crippen LogP contribution in [0.4, 0.5) is 13.2 Å². The van der Waals surface area contributed by atoms with E-state index in [1.807, 2.05) is 0 Å². The molecular weight excluding hydrogens is 381 g/mol. The molecule has 1 aliphatic rings. The molecule has 0 amide bonds. The molecule has 2 heterocycles. The average molecular weight is 398 g/mol. The number of rotatable bonds is 4. The predicted molar refractivity (Wildman–Crippen MR) is 95.4 cm³/mol. The zero-order chi connectivity index (χ0) is 19.3. The summed E-state index contributed by atoms with van der Waals surface area (Å²) in [4.78, 5) is 0. The van der Waals surface area contributed by atoms with Gasteiger partial charge in [0.25, 0.3) is 0 Å². The van der Waals surface area contributed by atoms with Gasteiger partial charge in [-0.15, -0.1) is 0 Å². The lowest BCUT2D eigenvalue weighted by Gasteiger charge is -2.20. The van der Waals surface area contributed by atoms with Gasteiger partial charge >= 0.3 is 0 Å². The van der Waals surface area contributed by atoms with Crippen LogP contribution in [0.2, 0.25) is 0 Å². The monoisotopic (exact) mass is 398 g/mol. The molecule has 2 unspecified atom stereocenters. The van der Waals surface area contributed by atoms with Crippen molar-refractivity contribution in [2.24, 2.45) is 0 Å². The predicted octanol–water partition coefficient (Wildman–Crippen LogP) is 2.76. The number of benzene rings is 2. The van der Waals surface area contributed by atoms with E-state index in [1.165, 1.54) is 36.4 Å². The number of β-amino-alcohol motifs (C(OH)–C–C–N with tert-alkyl or cyclic N) is 1. The normalized spacial score (nSPS) is 21.3. The number of aromatic nitrogens is 1. The Kier molecular flexibility index (Phi) is 4.40. The number of alkyl halides is 1. The van der Waals surface area contributed by atoms with E-state index in [0.717, 1.165) is 4.31 Å². The van der Waals surface area contributed by atoms with Crippen LogP contribution in [0.15, 0.2) is 36.4 Å². The third kappa shape index (κ3) is 3.09. The van der Waals surface area contributed by atoms with E-state index in [1.54, 1.807) is 4.57 Å². The Balaban J connectivity index is 1.71. The molecule has 1 N–H and O–H groups in total. The molecule has 3 aromatic rings. The molecule has 0 spiro atoms. The SMILES string of the molecule is O=S1(=O)C(F)CCN1CC(O)Cn1c2ccc(F)cc2c2cc(F)ccc21. The number of aliphatic hydroxyl groups excluding tert-OH is 1. The summed E-state index contributed by atoms with van der Waals surface area (Å²) in [7, 11) is -4.04. The van der Waals surface area contributed by atoms with Crippen molar-refractivity contribution in [3.8, 4) is 0 Å². The third-order valence-corrected chi connectivity index (χ3v) is 6.82. The largest absolute Gasteiger partial charge is 0.390 e. The van der Waals surface area contributed by atoms with Crippen LogP contribution in [-0.4, -0.2) is 47.1 Å². The third-order valence-electron chi connectivity index (χ3n) is 4.89. The van der Waals surface area contributed by atoms with Gasteiger partial charge in [0.05, 0.1) is 12.6 Å². The van der Waals surface area contributed by atoms with Crippen LogP contribution in [0, 0.1) is 11.6 Å². The van der Waals surface area contributed by atoms with Gasteiger partial charge in [-0.1, -0.05) is 0 Å². The molecule has 1 aromatic heterocycles. The van der Waals surface area contributed by atoms with Crippen LogP contribution in [0.1, 0.15) is 6.42 Å². The second-order valence-corrected chi connectivity index (χ2v) is 8.75. The standard InChI is InChI=1S/C18H17F3N2O3S/c19-11-1-3-16-14(7-11)15-8-12(20)2-4-17(15)23(16)10-13(24)9-22-6-5-18(21)27(22,25)26/h1-4,7-8,13,18,24H,5-6,9-10H2. The van der Waals surface area contributed by atoms with Crippen LogP contribution >= 0.6 is 0 Å². The summed E-state index contributed by atoms with van der Waals surface area (Å²) in [5.41, 5.74) is -0.767. The Morgan fingerprint density at radius 3 is 2.07 bits per heavy atom. The molecule has 1 fully saturated rings. The molecule has 0 bridgehead atoms. The lowest BCUT2D eigenvalue weighted by Crippen LogP contribution is -2.36.